The number of benzene rings is 1. The summed E-state index contributed by atoms with van der Waals surface area (Å²) in [6.45, 7) is 9.01. The lowest BCUT2D eigenvalue weighted by atomic mass is 9.94. The number of β-amino-alcohol motifs (C(OH)–C–C–N with tert-alkyl or cyclic N) is 1. The van der Waals surface area contributed by atoms with Crippen molar-refractivity contribution < 1.29 is 9.84 Å². The molecule has 0 bridgehead atoms. The van der Waals surface area contributed by atoms with E-state index in [1.165, 1.54) is 12.8 Å². The molecule has 1 aromatic carbocycles. The third-order valence-corrected chi connectivity index (χ3v) is 4.23. The molecule has 1 aromatic rings. The molecule has 1 saturated heterocycles. The number of hydrogen-bond donors (Lipinski definition) is 1. The van der Waals surface area contributed by atoms with Crippen molar-refractivity contribution in [1.82, 2.24) is 4.90 Å². The van der Waals surface area contributed by atoms with Gasteiger partial charge in [0.2, 0.25) is 0 Å². The fourth-order valence-corrected chi connectivity index (χ4v) is 2.91. The fraction of sp³-hybridized carbons (Fsp3) is 0.647. The average molecular weight is 277 g/mol. The molecule has 20 heavy (non-hydrogen) atoms. The third-order valence-electron chi connectivity index (χ3n) is 4.23. The van der Waals surface area contributed by atoms with Crippen LogP contribution in [0.1, 0.15) is 45.3 Å². The van der Waals surface area contributed by atoms with Crippen molar-refractivity contribution in [2.24, 2.45) is 5.92 Å². The van der Waals surface area contributed by atoms with Gasteiger partial charge in [0.1, 0.15) is 5.75 Å². The van der Waals surface area contributed by atoms with Gasteiger partial charge in [-0.05, 0) is 50.3 Å². The Hall–Kier alpha value is -1.06. The standard InChI is InChI=1S/C17H27NO2/c1-4-20-16-9-7-15(8-10-16)17(19)12-18-11-13(2)5-6-14(18)3/h7-10,13-14,17,19H,4-6,11-12H2,1-3H3. The number of ether oxygens (including phenoxy) is 1. The number of aliphatic hydroxyl groups is 1. The van der Waals surface area contributed by atoms with E-state index in [4.69, 9.17) is 4.74 Å². The van der Waals surface area contributed by atoms with Crippen molar-refractivity contribution in [2.75, 3.05) is 19.7 Å². The van der Waals surface area contributed by atoms with Crippen LogP contribution in [-0.4, -0.2) is 35.7 Å². The topological polar surface area (TPSA) is 32.7 Å². The van der Waals surface area contributed by atoms with Crippen molar-refractivity contribution in [3.63, 3.8) is 0 Å². The van der Waals surface area contributed by atoms with E-state index in [1.807, 2.05) is 31.2 Å². The number of likely N-dealkylation sites (tertiary alicyclic amines) is 1. The van der Waals surface area contributed by atoms with Gasteiger partial charge < -0.3 is 9.84 Å². The van der Waals surface area contributed by atoms with Gasteiger partial charge in [-0.25, -0.2) is 0 Å². The lowest BCUT2D eigenvalue weighted by Gasteiger charge is -2.37. The highest BCUT2D eigenvalue weighted by Gasteiger charge is 2.24. The van der Waals surface area contributed by atoms with Gasteiger partial charge in [-0.15, -0.1) is 0 Å². The molecule has 0 amide bonds. The first-order chi connectivity index (χ1) is 9.60. The molecule has 3 heteroatoms. The number of aliphatic hydroxyl groups excluding tert-OH is 1. The quantitative estimate of drug-likeness (QED) is 0.897. The van der Waals surface area contributed by atoms with E-state index in [0.29, 0.717) is 12.6 Å². The summed E-state index contributed by atoms with van der Waals surface area (Å²) in [5.74, 6) is 1.60. The predicted octanol–water partition coefficient (Wildman–Crippen LogP) is 3.24. The molecule has 1 fully saturated rings. The van der Waals surface area contributed by atoms with Gasteiger partial charge in [-0.2, -0.15) is 0 Å². The van der Waals surface area contributed by atoms with Crippen molar-refractivity contribution in [3.8, 4) is 5.75 Å². The van der Waals surface area contributed by atoms with Crippen LogP contribution in [0.4, 0.5) is 0 Å². The summed E-state index contributed by atoms with van der Waals surface area (Å²) in [7, 11) is 0. The summed E-state index contributed by atoms with van der Waals surface area (Å²) in [5.41, 5.74) is 0.971. The maximum absolute atomic E-state index is 10.4. The zero-order chi connectivity index (χ0) is 14.5. The molecule has 0 aliphatic carbocycles. The van der Waals surface area contributed by atoms with Crippen LogP contribution < -0.4 is 4.74 Å². The molecule has 1 N–H and O–H groups in total. The van der Waals surface area contributed by atoms with E-state index < -0.39 is 6.10 Å². The SMILES string of the molecule is CCOc1ccc(C(O)CN2CC(C)CCC2C)cc1. The van der Waals surface area contributed by atoms with E-state index >= 15 is 0 Å². The third kappa shape index (κ3) is 3.97. The van der Waals surface area contributed by atoms with Crippen molar-refractivity contribution in [3.05, 3.63) is 29.8 Å². The molecule has 1 aliphatic rings. The summed E-state index contributed by atoms with van der Waals surface area (Å²) in [5, 5.41) is 10.4. The lowest BCUT2D eigenvalue weighted by Crippen LogP contribution is -2.43. The van der Waals surface area contributed by atoms with Gasteiger partial charge in [0.25, 0.3) is 0 Å². The molecule has 112 valence electrons. The van der Waals surface area contributed by atoms with Crippen molar-refractivity contribution in [2.45, 2.75) is 45.8 Å². The Kier molecular flexibility index (Phi) is 5.44. The lowest BCUT2D eigenvalue weighted by molar-refractivity contribution is 0.0568. The zero-order valence-corrected chi connectivity index (χ0v) is 12.9. The molecule has 2 rings (SSSR count). The summed E-state index contributed by atoms with van der Waals surface area (Å²) in [6.07, 6.45) is 2.12. The number of hydrogen-bond acceptors (Lipinski definition) is 3. The molecule has 1 heterocycles. The van der Waals surface area contributed by atoms with Gasteiger partial charge in [0.15, 0.2) is 0 Å². The van der Waals surface area contributed by atoms with Crippen LogP contribution in [0.25, 0.3) is 0 Å². The van der Waals surface area contributed by atoms with Gasteiger partial charge in [-0.3, -0.25) is 4.90 Å². The van der Waals surface area contributed by atoms with Crippen LogP contribution in [-0.2, 0) is 0 Å². The molecule has 0 saturated carbocycles. The predicted molar refractivity (Wildman–Crippen MR) is 82.0 cm³/mol. The molecule has 0 radical (unpaired) electrons. The molecular weight excluding hydrogens is 250 g/mol. The summed E-state index contributed by atoms with van der Waals surface area (Å²) in [4.78, 5) is 2.41. The normalized spacial score (nSPS) is 25.4. The van der Waals surface area contributed by atoms with Crippen LogP contribution in [0.3, 0.4) is 0 Å². The van der Waals surface area contributed by atoms with Gasteiger partial charge in [-0.1, -0.05) is 19.1 Å². The first-order valence-electron chi connectivity index (χ1n) is 7.75. The minimum Gasteiger partial charge on any atom is -0.494 e. The fourth-order valence-electron chi connectivity index (χ4n) is 2.91. The highest BCUT2D eigenvalue weighted by Crippen LogP contribution is 2.25. The molecule has 0 spiro atoms. The number of nitrogens with zero attached hydrogens (tertiary/aromatic N) is 1. The molecule has 3 atom stereocenters. The van der Waals surface area contributed by atoms with Crippen LogP contribution in [0.15, 0.2) is 24.3 Å². The monoisotopic (exact) mass is 277 g/mol. The van der Waals surface area contributed by atoms with E-state index in [9.17, 15) is 5.11 Å². The van der Waals surface area contributed by atoms with Gasteiger partial charge in [0.05, 0.1) is 12.7 Å². The van der Waals surface area contributed by atoms with E-state index in [2.05, 4.69) is 18.7 Å². The average Bonchev–Trinajstić information content (AvgIpc) is 2.44. The van der Waals surface area contributed by atoms with Crippen LogP contribution >= 0.6 is 0 Å². The number of piperidine rings is 1. The summed E-state index contributed by atoms with van der Waals surface area (Å²) in [6, 6.07) is 8.37. The van der Waals surface area contributed by atoms with Crippen LogP contribution in [0.5, 0.6) is 5.75 Å². The molecule has 3 unspecified atom stereocenters. The largest absolute Gasteiger partial charge is 0.494 e. The zero-order valence-electron chi connectivity index (χ0n) is 12.9. The maximum atomic E-state index is 10.4. The minimum absolute atomic E-state index is 0.418. The Bertz CT molecular complexity index is 404. The van der Waals surface area contributed by atoms with Crippen LogP contribution in [0.2, 0.25) is 0 Å². The Labute approximate surface area is 122 Å². The Morgan fingerprint density at radius 2 is 1.95 bits per heavy atom. The smallest absolute Gasteiger partial charge is 0.119 e. The Balaban J connectivity index is 1.94. The molecule has 3 nitrogen and oxygen atoms in total. The maximum Gasteiger partial charge on any atom is 0.119 e. The molecular formula is C17H27NO2. The van der Waals surface area contributed by atoms with Crippen molar-refractivity contribution >= 4 is 0 Å². The molecule has 1 aliphatic heterocycles. The summed E-state index contributed by atoms with van der Waals surface area (Å²) >= 11 is 0. The second-order valence-electron chi connectivity index (χ2n) is 6.00. The second kappa shape index (κ2) is 7.09. The molecule has 0 aromatic heterocycles. The van der Waals surface area contributed by atoms with E-state index in [0.717, 1.165) is 30.3 Å². The van der Waals surface area contributed by atoms with E-state index in [1.54, 1.807) is 0 Å². The van der Waals surface area contributed by atoms with Crippen LogP contribution in [0, 0.1) is 5.92 Å². The van der Waals surface area contributed by atoms with E-state index in [-0.39, 0.29) is 0 Å². The second-order valence-corrected chi connectivity index (χ2v) is 6.00. The Morgan fingerprint density at radius 3 is 2.60 bits per heavy atom. The van der Waals surface area contributed by atoms with Crippen molar-refractivity contribution in [1.29, 1.82) is 0 Å². The minimum atomic E-state index is -0.418. The first-order valence-corrected chi connectivity index (χ1v) is 7.75. The highest BCUT2D eigenvalue weighted by molar-refractivity contribution is 5.28. The van der Waals surface area contributed by atoms with Gasteiger partial charge in [0, 0.05) is 19.1 Å². The number of rotatable bonds is 5. The summed E-state index contributed by atoms with van der Waals surface area (Å²) < 4.78 is 5.43. The first kappa shape index (κ1) is 15.3. The highest BCUT2D eigenvalue weighted by atomic mass is 16.5. The Morgan fingerprint density at radius 1 is 1.25 bits per heavy atom. The van der Waals surface area contributed by atoms with Gasteiger partial charge >= 0.3 is 0 Å².